The smallest absolute Gasteiger partial charge is 0.306 e. The van der Waals surface area contributed by atoms with Gasteiger partial charge in [-0.1, -0.05) is 19.1 Å². The van der Waals surface area contributed by atoms with E-state index in [0.717, 1.165) is 12.0 Å². The van der Waals surface area contributed by atoms with Crippen molar-refractivity contribution in [3.05, 3.63) is 48.3 Å². The predicted octanol–water partition coefficient (Wildman–Crippen LogP) is 4.77. The van der Waals surface area contributed by atoms with Crippen LogP contribution in [0.15, 0.2) is 42.5 Å². The van der Waals surface area contributed by atoms with Gasteiger partial charge in [-0.2, -0.15) is 0 Å². The Kier molecular flexibility index (Phi) is 5.45. The summed E-state index contributed by atoms with van der Waals surface area (Å²) in [5.41, 5.74) is 1.21. The Morgan fingerprint density at radius 3 is 2.54 bits per heavy atom. The first-order valence-corrected chi connectivity index (χ1v) is 8.90. The first-order valence-electron chi connectivity index (χ1n) is 8.90. The molecule has 0 spiro atoms. The molecule has 26 heavy (non-hydrogen) atoms. The molecule has 1 aliphatic rings. The molecule has 3 atom stereocenters. The molecule has 1 N–H and O–H groups in total. The number of halogens is 1. The first-order chi connectivity index (χ1) is 12.5. The molecule has 1 saturated carbocycles. The number of ether oxygens (including phenoxy) is 2. The zero-order chi connectivity index (χ0) is 18.7. The molecule has 0 amide bonds. The van der Waals surface area contributed by atoms with Crippen molar-refractivity contribution >= 4 is 5.97 Å². The highest BCUT2D eigenvalue weighted by Crippen LogP contribution is 2.39. The molecule has 0 heterocycles. The highest BCUT2D eigenvalue weighted by Gasteiger charge is 2.43. The molecule has 2 unspecified atom stereocenters. The van der Waals surface area contributed by atoms with Gasteiger partial charge in [0.05, 0.1) is 18.6 Å². The van der Waals surface area contributed by atoms with Gasteiger partial charge in [-0.3, -0.25) is 4.79 Å². The van der Waals surface area contributed by atoms with Crippen molar-refractivity contribution in [3.8, 4) is 22.6 Å². The number of hydrogen-bond acceptors (Lipinski definition) is 3. The lowest BCUT2D eigenvalue weighted by molar-refractivity contribution is -0.138. The van der Waals surface area contributed by atoms with Crippen LogP contribution in [0.4, 0.5) is 4.39 Å². The fourth-order valence-electron chi connectivity index (χ4n) is 2.78. The van der Waals surface area contributed by atoms with Crippen molar-refractivity contribution in [2.24, 2.45) is 11.8 Å². The normalized spacial score (nSPS) is 19.7. The van der Waals surface area contributed by atoms with E-state index in [9.17, 15) is 9.18 Å². The van der Waals surface area contributed by atoms with Gasteiger partial charge in [0.2, 0.25) is 0 Å². The van der Waals surface area contributed by atoms with E-state index in [0.29, 0.717) is 30.1 Å². The van der Waals surface area contributed by atoms with Crippen LogP contribution in [0.2, 0.25) is 0 Å². The molecule has 0 radical (unpaired) electrons. The van der Waals surface area contributed by atoms with Crippen LogP contribution in [0.5, 0.6) is 11.5 Å². The van der Waals surface area contributed by atoms with E-state index in [1.165, 1.54) is 6.07 Å². The van der Waals surface area contributed by atoms with Gasteiger partial charge in [0, 0.05) is 11.5 Å². The fourth-order valence-corrected chi connectivity index (χ4v) is 2.78. The Bertz CT molecular complexity index is 772. The zero-order valence-electron chi connectivity index (χ0n) is 14.9. The largest absolute Gasteiger partial charge is 0.493 e. The van der Waals surface area contributed by atoms with Crippen LogP contribution in [0.1, 0.15) is 26.7 Å². The Labute approximate surface area is 152 Å². The zero-order valence-corrected chi connectivity index (χ0v) is 14.9. The minimum absolute atomic E-state index is 0.0705. The molecule has 4 nitrogen and oxygen atoms in total. The molecule has 138 valence electrons. The van der Waals surface area contributed by atoms with Gasteiger partial charge in [0.1, 0.15) is 17.3 Å². The number of carboxylic acid groups (broad SMARTS) is 1. The Morgan fingerprint density at radius 2 is 1.92 bits per heavy atom. The summed E-state index contributed by atoms with van der Waals surface area (Å²) in [6.45, 7) is 4.40. The van der Waals surface area contributed by atoms with Crippen LogP contribution >= 0.6 is 0 Å². The SMILES string of the molecule is CC[C@@H](C)Oc1ccc(F)c(-c2ccc(OCC3CC3C(=O)O)cc2)c1. The monoisotopic (exact) mass is 358 g/mol. The third-order valence-electron chi connectivity index (χ3n) is 4.72. The van der Waals surface area contributed by atoms with Crippen molar-refractivity contribution in [2.75, 3.05) is 6.61 Å². The van der Waals surface area contributed by atoms with E-state index in [-0.39, 0.29) is 23.8 Å². The van der Waals surface area contributed by atoms with Gasteiger partial charge in [-0.15, -0.1) is 0 Å². The minimum atomic E-state index is -0.760. The van der Waals surface area contributed by atoms with Crippen molar-refractivity contribution in [3.63, 3.8) is 0 Å². The Hall–Kier alpha value is -2.56. The van der Waals surface area contributed by atoms with Gasteiger partial charge >= 0.3 is 5.97 Å². The number of aliphatic carboxylic acids is 1. The number of carbonyl (C=O) groups is 1. The summed E-state index contributed by atoms with van der Waals surface area (Å²) < 4.78 is 25.6. The quantitative estimate of drug-likeness (QED) is 0.738. The maximum Gasteiger partial charge on any atom is 0.306 e. The second-order valence-corrected chi connectivity index (χ2v) is 6.75. The topological polar surface area (TPSA) is 55.8 Å². The van der Waals surface area contributed by atoms with Gasteiger partial charge in [-0.05, 0) is 55.7 Å². The summed E-state index contributed by atoms with van der Waals surface area (Å²) >= 11 is 0. The summed E-state index contributed by atoms with van der Waals surface area (Å²) in [7, 11) is 0. The lowest BCUT2D eigenvalue weighted by atomic mass is 10.0. The molecule has 5 heteroatoms. The predicted molar refractivity (Wildman–Crippen MR) is 96.9 cm³/mol. The number of rotatable bonds is 8. The highest BCUT2D eigenvalue weighted by atomic mass is 19.1. The average molecular weight is 358 g/mol. The molecule has 2 aromatic rings. The lowest BCUT2D eigenvalue weighted by Crippen LogP contribution is -2.09. The van der Waals surface area contributed by atoms with Crippen molar-refractivity contribution < 1.29 is 23.8 Å². The Morgan fingerprint density at radius 1 is 1.23 bits per heavy atom. The van der Waals surface area contributed by atoms with Crippen LogP contribution in [-0.4, -0.2) is 23.8 Å². The molecule has 1 aliphatic carbocycles. The van der Waals surface area contributed by atoms with Gasteiger partial charge in [0.15, 0.2) is 0 Å². The standard InChI is InChI=1S/C21H23FO4/c1-3-13(2)26-17-8-9-20(22)18(11-17)14-4-6-16(7-5-14)25-12-15-10-19(15)21(23)24/h4-9,11,13,15,19H,3,10,12H2,1-2H3,(H,23,24)/t13-,15?,19?/m1/s1. The van der Waals surface area contributed by atoms with E-state index in [1.54, 1.807) is 36.4 Å². The Balaban J connectivity index is 1.66. The fraction of sp³-hybridized carbons (Fsp3) is 0.381. The summed E-state index contributed by atoms with van der Waals surface area (Å²) in [4.78, 5) is 10.8. The van der Waals surface area contributed by atoms with Gasteiger partial charge in [-0.25, -0.2) is 4.39 Å². The van der Waals surface area contributed by atoms with Crippen LogP contribution in [-0.2, 0) is 4.79 Å². The van der Waals surface area contributed by atoms with Crippen molar-refractivity contribution in [1.82, 2.24) is 0 Å². The van der Waals surface area contributed by atoms with Crippen molar-refractivity contribution in [2.45, 2.75) is 32.8 Å². The third-order valence-corrected chi connectivity index (χ3v) is 4.72. The van der Waals surface area contributed by atoms with Crippen LogP contribution in [0.25, 0.3) is 11.1 Å². The second-order valence-electron chi connectivity index (χ2n) is 6.75. The van der Waals surface area contributed by atoms with Gasteiger partial charge < -0.3 is 14.6 Å². The molecule has 1 fully saturated rings. The van der Waals surface area contributed by atoms with E-state index < -0.39 is 5.97 Å². The molecule has 0 aliphatic heterocycles. The third kappa shape index (κ3) is 4.34. The van der Waals surface area contributed by atoms with Crippen LogP contribution < -0.4 is 9.47 Å². The molecule has 3 rings (SSSR count). The highest BCUT2D eigenvalue weighted by molar-refractivity contribution is 5.73. The summed E-state index contributed by atoms with van der Waals surface area (Å²) in [5, 5.41) is 8.90. The molecule has 0 saturated heterocycles. The van der Waals surface area contributed by atoms with Crippen LogP contribution in [0.3, 0.4) is 0 Å². The number of benzene rings is 2. The van der Waals surface area contributed by atoms with Crippen LogP contribution in [0, 0.1) is 17.7 Å². The summed E-state index contributed by atoms with van der Waals surface area (Å²) in [6.07, 6.45) is 1.62. The molecule has 0 bridgehead atoms. The average Bonchev–Trinajstić information content (AvgIpc) is 3.42. The number of hydrogen-bond donors (Lipinski definition) is 1. The summed E-state index contributed by atoms with van der Waals surface area (Å²) in [5.74, 6) is 0.0266. The first kappa shape index (κ1) is 18.2. The van der Waals surface area contributed by atoms with Crippen molar-refractivity contribution in [1.29, 1.82) is 0 Å². The summed E-state index contributed by atoms with van der Waals surface area (Å²) in [6, 6.07) is 11.9. The van der Waals surface area contributed by atoms with E-state index in [2.05, 4.69) is 0 Å². The molecular formula is C21H23FO4. The van der Waals surface area contributed by atoms with E-state index >= 15 is 0 Å². The molecular weight excluding hydrogens is 335 g/mol. The number of carboxylic acids is 1. The maximum atomic E-state index is 14.2. The molecule has 2 aromatic carbocycles. The van der Waals surface area contributed by atoms with E-state index in [4.69, 9.17) is 14.6 Å². The van der Waals surface area contributed by atoms with Gasteiger partial charge in [0.25, 0.3) is 0 Å². The van der Waals surface area contributed by atoms with E-state index in [1.807, 2.05) is 13.8 Å². The maximum absolute atomic E-state index is 14.2. The minimum Gasteiger partial charge on any atom is -0.493 e. The second kappa shape index (κ2) is 7.77. The molecule has 0 aromatic heterocycles. The lowest BCUT2D eigenvalue weighted by Gasteiger charge is -2.14.